The van der Waals surface area contributed by atoms with E-state index in [9.17, 15) is 4.79 Å². The summed E-state index contributed by atoms with van der Waals surface area (Å²) in [5.74, 6) is 0. The molecule has 0 aromatic rings. The summed E-state index contributed by atoms with van der Waals surface area (Å²) < 4.78 is 0. The highest BCUT2D eigenvalue weighted by Crippen LogP contribution is 2.39. The van der Waals surface area contributed by atoms with Crippen molar-refractivity contribution in [3.05, 3.63) is 11.6 Å². The van der Waals surface area contributed by atoms with Gasteiger partial charge >= 0.3 is 0 Å². The summed E-state index contributed by atoms with van der Waals surface area (Å²) in [5, 5.41) is 0. The quantitative estimate of drug-likeness (QED) is 0.465. The van der Waals surface area contributed by atoms with Gasteiger partial charge in [-0.2, -0.15) is 0 Å². The standard InChI is InChI=1S/C11H18O/c1-10(2)5-8-11(9-12)6-3-4-7-11/h5,9H,3-4,6-8H2,1-2H3. The van der Waals surface area contributed by atoms with E-state index < -0.39 is 0 Å². The van der Waals surface area contributed by atoms with E-state index >= 15 is 0 Å². The lowest BCUT2D eigenvalue weighted by molar-refractivity contribution is -0.115. The van der Waals surface area contributed by atoms with Crippen LogP contribution in [0.4, 0.5) is 0 Å². The van der Waals surface area contributed by atoms with Crippen LogP contribution in [0.2, 0.25) is 0 Å². The van der Waals surface area contributed by atoms with Gasteiger partial charge in [0.15, 0.2) is 0 Å². The van der Waals surface area contributed by atoms with Crippen LogP contribution in [0.25, 0.3) is 0 Å². The third kappa shape index (κ3) is 2.20. The average Bonchev–Trinajstić information content (AvgIpc) is 2.50. The fourth-order valence-corrected chi connectivity index (χ4v) is 1.86. The lowest BCUT2D eigenvalue weighted by atomic mass is 9.84. The van der Waals surface area contributed by atoms with Crippen molar-refractivity contribution in [2.24, 2.45) is 5.41 Å². The molecule has 0 aromatic carbocycles. The molecule has 0 unspecified atom stereocenters. The summed E-state index contributed by atoms with van der Waals surface area (Å²) in [4.78, 5) is 10.9. The van der Waals surface area contributed by atoms with E-state index in [1.807, 2.05) is 0 Å². The van der Waals surface area contributed by atoms with Crippen LogP contribution in [-0.4, -0.2) is 6.29 Å². The average molecular weight is 166 g/mol. The molecule has 12 heavy (non-hydrogen) atoms. The molecule has 0 heterocycles. The molecular weight excluding hydrogens is 148 g/mol. The second-order valence-electron chi connectivity index (χ2n) is 4.17. The summed E-state index contributed by atoms with van der Waals surface area (Å²) in [7, 11) is 0. The summed E-state index contributed by atoms with van der Waals surface area (Å²) >= 11 is 0. The monoisotopic (exact) mass is 166 g/mol. The van der Waals surface area contributed by atoms with Crippen molar-refractivity contribution in [1.29, 1.82) is 0 Å². The number of hydrogen-bond donors (Lipinski definition) is 0. The number of allylic oxidation sites excluding steroid dienone is 2. The van der Waals surface area contributed by atoms with Crippen LogP contribution >= 0.6 is 0 Å². The van der Waals surface area contributed by atoms with Crippen molar-refractivity contribution in [3.63, 3.8) is 0 Å². The Labute approximate surface area is 74.9 Å². The fourth-order valence-electron chi connectivity index (χ4n) is 1.86. The number of carbonyl (C=O) groups excluding carboxylic acids is 1. The second-order valence-corrected chi connectivity index (χ2v) is 4.17. The molecule has 0 bridgehead atoms. The Bertz CT molecular complexity index is 181. The van der Waals surface area contributed by atoms with Gasteiger partial charge in [-0.25, -0.2) is 0 Å². The molecule has 1 aliphatic carbocycles. The normalized spacial score (nSPS) is 20.5. The first kappa shape index (κ1) is 9.50. The molecule has 1 rings (SSSR count). The molecule has 1 aliphatic rings. The van der Waals surface area contributed by atoms with Crippen LogP contribution in [0.1, 0.15) is 46.0 Å². The lowest BCUT2D eigenvalue weighted by Crippen LogP contribution is -2.16. The van der Waals surface area contributed by atoms with Crippen LogP contribution in [0, 0.1) is 5.41 Å². The molecular formula is C11H18O. The third-order valence-electron chi connectivity index (χ3n) is 2.77. The maximum absolute atomic E-state index is 10.9. The summed E-state index contributed by atoms with van der Waals surface area (Å²) in [6.45, 7) is 4.18. The van der Waals surface area contributed by atoms with E-state index in [2.05, 4.69) is 19.9 Å². The van der Waals surface area contributed by atoms with Crippen LogP contribution in [0.3, 0.4) is 0 Å². The Kier molecular flexibility index (Phi) is 3.07. The first-order valence-corrected chi connectivity index (χ1v) is 4.78. The van der Waals surface area contributed by atoms with Gasteiger partial charge in [-0.1, -0.05) is 24.5 Å². The molecule has 0 N–H and O–H groups in total. The first-order valence-electron chi connectivity index (χ1n) is 4.78. The minimum Gasteiger partial charge on any atom is -0.303 e. The fraction of sp³-hybridized carbons (Fsp3) is 0.727. The lowest BCUT2D eigenvalue weighted by Gasteiger charge is -2.19. The van der Waals surface area contributed by atoms with E-state index in [4.69, 9.17) is 0 Å². The minimum absolute atomic E-state index is 0.0112. The van der Waals surface area contributed by atoms with Gasteiger partial charge in [-0.15, -0.1) is 0 Å². The van der Waals surface area contributed by atoms with Crippen molar-refractivity contribution in [3.8, 4) is 0 Å². The van der Waals surface area contributed by atoms with Crippen LogP contribution in [0.5, 0.6) is 0 Å². The molecule has 1 nitrogen and oxygen atoms in total. The molecule has 1 saturated carbocycles. The number of rotatable bonds is 3. The molecule has 0 atom stereocenters. The first-order chi connectivity index (χ1) is 5.68. The topological polar surface area (TPSA) is 17.1 Å². The van der Waals surface area contributed by atoms with Crippen LogP contribution in [0.15, 0.2) is 11.6 Å². The zero-order valence-corrected chi connectivity index (χ0v) is 8.10. The van der Waals surface area contributed by atoms with Gasteiger partial charge in [0, 0.05) is 5.41 Å². The van der Waals surface area contributed by atoms with Gasteiger partial charge in [0.1, 0.15) is 6.29 Å². The van der Waals surface area contributed by atoms with Gasteiger partial charge < -0.3 is 4.79 Å². The van der Waals surface area contributed by atoms with Crippen molar-refractivity contribution in [1.82, 2.24) is 0 Å². The predicted molar refractivity (Wildman–Crippen MR) is 51.0 cm³/mol. The van der Waals surface area contributed by atoms with E-state index in [0.717, 1.165) is 19.3 Å². The SMILES string of the molecule is CC(C)=CCC1(C=O)CCCC1. The maximum atomic E-state index is 10.9. The van der Waals surface area contributed by atoms with Crippen LogP contribution < -0.4 is 0 Å². The van der Waals surface area contributed by atoms with Crippen LogP contribution in [-0.2, 0) is 4.79 Å². The molecule has 0 saturated heterocycles. The molecule has 0 amide bonds. The molecule has 68 valence electrons. The third-order valence-corrected chi connectivity index (χ3v) is 2.77. The Morgan fingerprint density at radius 2 is 1.92 bits per heavy atom. The van der Waals surface area contributed by atoms with Gasteiger partial charge in [-0.05, 0) is 33.1 Å². The van der Waals surface area contributed by atoms with Crippen molar-refractivity contribution in [2.45, 2.75) is 46.0 Å². The Balaban J connectivity index is 2.55. The molecule has 0 radical (unpaired) electrons. The highest BCUT2D eigenvalue weighted by molar-refractivity contribution is 5.60. The van der Waals surface area contributed by atoms with Crippen molar-refractivity contribution in [2.75, 3.05) is 0 Å². The predicted octanol–water partition coefficient (Wildman–Crippen LogP) is 3.10. The van der Waals surface area contributed by atoms with E-state index in [-0.39, 0.29) is 5.41 Å². The van der Waals surface area contributed by atoms with Crippen molar-refractivity contribution < 1.29 is 4.79 Å². The Morgan fingerprint density at radius 3 is 2.33 bits per heavy atom. The second kappa shape index (κ2) is 3.88. The smallest absolute Gasteiger partial charge is 0.126 e. The van der Waals surface area contributed by atoms with Gasteiger partial charge in [0.2, 0.25) is 0 Å². The highest BCUT2D eigenvalue weighted by atomic mass is 16.1. The highest BCUT2D eigenvalue weighted by Gasteiger charge is 2.31. The molecule has 1 heteroatoms. The summed E-state index contributed by atoms with van der Waals surface area (Å²) in [6, 6.07) is 0. The summed E-state index contributed by atoms with van der Waals surface area (Å²) in [5.41, 5.74) is 1.33. The van der Waals surface area contributed by atoms with E-state index in [1.165, 1.54) is 24.7 Å². The zero-order valence-electron chi connectivity index (χ0n) is 8.10. The number of aldehydes is 1. The Morgan fingerprint density at radius 1 is 1.33 bits per heavy atom. The molecule has 1 fully saturated rings. The zero-order chi connectivity index (χ0) is 9.03. The van der Waals surface area contributed by atoms with E-state index in [0.29, 0.717) is 0 Å². The summed E-state index contributed by atoms with van der Waals surface area (Å²) in [6.07, 6.45) is 8.99. The Hall–Kier alpha value is -0.590. The van der Waals surface area contributed by atoms with Gasteiger partial charge in [0.25, 0.3) is 0 Å². The van der Waals surface area contributed by atoms with Crippen molar-refractivity contribution >= 4 is 6.29 Å². The molecule has 0 spiro atoms. The molecule has 0 aromatic heterocycles. The number of carbonyl (C=O) groups is 1. The largest absolute Gasteiger partial charge is 0.303 e. The van der Waals surface area contributed by atoms with E-state index in [1.54, 1.807) is 0 Å². The molecule has 0 aliphatic heterocycles. The number of hydrogen-bond acceptors (Lipinski definition) is 1. The van der Waals surface area contributed by atoms with Gasteiger partial charge in [0.05, 0.1) is 0 Å². The minimum atomic E-state index is 0.0112. The maximum Gasteiger partial charge on any atom is 0.126 e. The van der Waals surface area contributed by atoms with Gasteiger partial charge in [-0.3, -0.25) is 0 Å².